The van der Waals surface area contributed by atoms with Crippen molar-refractivity contribution in [3.8, 4) is 0 Å². The Morgan fingerprint density at radius 1 is 1.26 bits per heavy atom. The molecule has 0 radical (unpaired) electrons. The van der Waals surface area contributed by atoms with Gasteiger partial charge in [0.05, 0.1) is 4.90 Å². The van der Waals surface area contributed by atoms with Crippen LogP contribution in [0.2, 0.25) is 0 Å². The first-order valence-electron chi connectivity index (χ1n) is 6.80. The Kier molecular flexibility index (Phi) is 4.60. The maximum atomic E-state index is 12.6. The van der Waals surface area contributed by atoms with Crippen molar-refractivity contribution in [2.45, 2.75) is 37.1 Å². The van der Waals surface area contributed by atoms with Gasteiger partial charge in [0.2, 0.25) is 10.0 Å². The van der Waals surface area contributed by atoms with Crippen molar-refractivity contribution < 1.29 is 8.42 Å². The van der Waals surface area contributed by atoms with Gasteiger partial charge in [-0.2, -0.15) is 0 Å². The van der Waals surface area contributed by atoms with Gasteiger partial charge < -0.3 is 5.73 Å². The van der Waals surface area contributed by atoms with Gasteiger partial charge in [-0.1, -0.05) is 31.0 Å². The third-order valence-electron chi connectivity index (χ3n) is 3.87. The molecule has 1 aliphatic carbocycles. The van der Waals surface area contributed by atoms with Crippen LogP contribution in [0.4, 0.5) is 0 Å². The van der Waals surface area contributed by atoms with Crippen LogP contribution in [-0.4, -0.2) is 26.3 Å². The SMILES string of the molecule is CN(CC1CCCC1)S(=O)(=O)c1ccccc1CN. The predicted octanol–water partition coefficient (Wildman–Crippen LogP) is 1.96. The molecule has 2 N–H and O–H groups in total. The summed E-state index contributed by atoms with van der Waals surface area (Å²) >= 11 is 0. The van der Waals surface area contributed by atoms with E-state index < -0.39 is 10.0 Å². The van der Waals surface area contributed by atoms with E-state index >= 15 is 0 Å². The van der Waals surface area contributed by atoms with E-state index in [0.29, 0.717) is 22.9 Å². The number of sulfonamides is 1. The fourth-order valence-corrected chi connectivity index (χ4v) is 4.22. The zero-order chi connectivity index (χ0) is 13.9. The Labute approximate surface area is 115 Å². The molecule has 106 valence electrons. The van der Waals surface area contributed by atoms with Crippen LogP contribution in [0.15, 0.2) is 29.2 Å². The van der Waals surface area contributed by atoms with Crippen LogP contribution in [-0.2, 0) is 16.6 Å². The van der Waals surface area contributed by atoms with Gasteiger partial charge in [0.25, 0.3) is 0 Å². The molecule has 1 aromatic carbocycles. The molecule has 5 heteroatoms. The molecule has 4 nitrogen and oxygen atoms in total. The maximum Gasteiger partial charge on any atom is 0.243 e. The van der Waals surface area contributed by atoms with Crippen LogP contribution in [0.3, 0.4) is 0 Å². The number of nitrogens with two attached hydrogens (primary N) is 1. The summed E-state index contributed by atoms with van der Waals surface area (Å²) in [5.74, 6) is 0.504. The topological polar surface area (TPSA) is 63.4 Å². The number of hydrogen-bond acceptors (Lipinski definition) is 3. The van der Waals surface area contributed by atoms with Crippen molar-refractivity contribution in [3.63, 3.8) is 0 Å². The highest BCUT2D eigenvalue weighted by Crippen LogP contribution is 2.27. The second-order valence-corrected chi connectivity index (χ2v) is 7.26. The Hall–Kier alpha value is -0.910. The summed E-state index contributed by atoms with van der Waals surface area (Å²) in [5, 5.41) is 0. The molecule has 0 amide bonds. The Morgan fingerprint density at radius 2 is 1.89 bits per heavy atom. The van der Waals surface area contributed by atoms with Crippen LogP contribution < -0.4 is 5.73 Å². The molecule has 0 unspecified atom stereocenters. The molecule has 0 saturated heterocycles. The molecule has 1 saturated carbocycles. The van der Waals surface area contributed by atoms with Crippen LogP contribution in [0.5, 0.6) is 0 Å². The molecule has 1 aliphatic rings. The molecule has 2 rings (SSSR count). The monoisotopic (exact) mass is 282 g/mol. The quantitative estimate of drug-likeness (QED) is 0.898. The van der Waals surface area contributed by atoms with Gasteiger partial charge in [0, 0.05) is 20.1 Å². The predicted molar refractivity (Wildman–Crippen MR) is 76.1 cm³/mol. The Balaban J connectivity index is 2.20. The van der Waals surface area contributed by atoms with E-state index in [1.54, 1.807) is 25.2 Å². The Morgan fingerprint density at radius 3 is 2.53 bits per heavy atom. The first-order chi connectivity index (χ1) is 9.05. The van der Waals surface area contributed by atoms with Crippen molar-refractivity contribution in [2.75, 3.05) is 13.6 Å². The fraction of sp³-hybridized carbons (Fsp3) is 0.571. The van der Waals surface area contributed by atoms with Gasteiger partial charge in [0.15, 0.2) is 0 Å². The lowest BCUT2D eigenvalue weighted by Crippen LogP contribution is -2.32. The number of rotatable bonds is 5. The minimum absolute atomic E-state index is 0.243. The van der Waals surface area contributed by atoms with Crippen molar-refractivity contribution in [3.05, 3.63) is 29.8 Å². The molecular weight excluding hydrogens is 260 g/mol. The summed E-state index contributed by atoms with van der Waals surface area (Å²) in [6, 6.07) is 6.98. The third-order valence-corrected chi connectivity index (χ3v) is 5.79. The second-order valence-electron chi connectivity index (χ2n) is 5.25. The molecule has 1 fully saturated rings. The van der Waals surface area contributed by atoms with Crippen molar-refractivity contribution >= 4 is 10.0 Å². The average molecular weight is 282 g/mol. The van der Waals surface area contributed by atoms with Crippen molar-refractivity contribution in [2.24, 2.45) is 11.7 Å². The molecule has 0 aromatic heterocycles. The lowest BCUT2D eigenvalue weighted by atomic mass is 10.1. The largest absolute Gasteiger partial charge is 0.326 e. The van der Waals surface area contributed by atoms with Gasteiger partial charge in [-0.05, 0) is 30.4 Å². The van der Waals surface area contributed by atoms with E-state index in [-0.39, 0.29) is 6.54 Å². The summed E-state index contributed by atoms with van der Waals surface area (Å²) in [6.45, 7) is 0.855. The van der Waals surface area contributed by atoms with Crippen LogP contribution in [0, 0.1) is 5.92 Å². The molecule has 1 aromatic rings. The minimum Gasteiger partial charge on any atom is -0.326 e. The highest BCUT2D eigenvalue weighted by molar-refractivity contribution is 7.89. The molecule has 0 bridgehead atoms. The Bertz CT molecular complexity index is 522. The van der Waals surface area contributed by atoms with Crippen molar-refractivity contribution in [1.29, 1.82) is 0 Å². The fourth-order valence-electron chi connectivity index (χ4n) is 2.75. The van der Waals surface area contributed by atoms with Gasteiger partial charge in [0.1, 0.15) is 0 Å². The maximum absolute atomic E-state index is 12.6. The normalized spacial score (nSPS) is 17.2. The van der Waals surface area contributed by atoms with E-state index in [2.05, 4.69) is 0 Å². The highest BCUT2D eigenvalue weighted by atomic mass is 32.2. The first kappa shape index (κ1) is 14.5. The van der Waals surface area contributed by atoms with Gasteiger partial charge in [-0.15, -0.1) is 0 Å². The minimum atomic E-state index is -3.42. The summed E-state index contributed by atoms with van der Waals surface area (Å²) in [4.78, 5) is 0.345. The lowest BCUT2D eigenvalue weighted by molar-refractivity contribution is 0.387. The summed E-state index contributed by atoms with van der Waals surface area (Å²) in [7, 11) is -1.75. The molecule has 0 aliphatic heterocycles. The van der Waals surface area contributed by atoms with E-state index in [1.807, 2.05) is 6.07 Å². The van der Waals surface area contributed by atoms with Gasteiger partial charge >= 0.3 is 0 Å². The standard InChI is InChI=1S/C14H22N2O2S/c1-16(11-12-6-2-3-7-12)19(17,18)14-9-5-4-8-13(14)10-15/h4-5,8-9,12H,2-3,6-7,10-11,15H2,1H3. The molecular formula is C14H22N2O2S. The van der Waals surface area contributed by atoms with Gasteiger partial charge in [-0.3, -0.25) is 0 Å². The highest BCUT2D eigenvalue weighted by Gasteiger charge is 2.26. The third kappa shape index (κ3) is 3.16. The van der Waals surface area contributed by atoms with Crippen molar-refractivity contribution in [1.82, 2.24) is 4.31 Å². The van der Waals surface area contributed by atoms with E-state index in [9.17, 15) is 8.42 Å². The van der Waals surface area contributed by atoms with E-state index in [0.717, 1.165) is 12.8 Å². The second kappa shape index (κ2) is 6.03. The zero-order valence-corrected chi connectivity index (χ0v) is 12.2. The zero-order valence-electron chi connectivity index (χ0n) is 11.4. The summed E-state index contributed by atoms with van der Waals surface area (Å²) in [6.07, 6.45) is 4.71. The summed E-state index contributed by atoms with van der Waals surface area (Å²) < 4.78 is 26.6. The van der Waals surface area contributed by atoms with E-state index in [1.165, 1.54) is 17.1 Å². The van der Waals surface area contributed by atoms with Crippen LogP contribution in [0.1, 0.15) is 31.2 Å². The number of benzene rings is 1. The van der Waals surface area contributed by atoms with Crippen LogP contribution in [0.25, 0.3) is 0 Å². The smallest absolute Gasteiger partial charge is 0.243 e. The molecule has 0 spiro atoms. The summed E-state index contributed by atoms with van der Waals surface area (Å²) in [5.41, 5.74) is 6.31. The van der Waals surface area contributed by atoms with E-state index in [4.69, 9.17) is 5.73 Å². The number of nitrogens with zero attached hydrogens (tertiary/aromatic N) is 1. The van der Waals surface area contributed by atoms with Crippen LogP contribution >= 0.6 is 0 Å². The number of hydrogen-bond donors (Lipinski definition) is 1. The average Bonchev–Trinajstić information content (AvgIpc) is 2.91. The lowest BCUT2D eigenvalue weighted by Gasteiger charge is -2.22. The van der Waals surface area contributed by atoms with Gasteiger partial charge in [-0.25, -0.2) is 12.7 Å². The first-order valence-corrected chi connectivity index (χ1v) is 8.24. The molecule has 19 heavy (non-hydrogen) atoms. The molecule has 0 heterocycles. The molecule has 0 atom stereocenters.